The van der Waals surface area contributed by atoms with E-state index in [2.05, 4.69) is 5.32 Å². The molecule has 0 unspecified atom stereocenters. The molecule has 0 radical (unpaired) electrons. The van der Waals surface area contributed by atoms with E-state index in [1.54, 1.807) is 13.0 Å². The number of hydrogen-bond acceptors (Lipinski definition) is 4. The molecule has 0 fully saturated rings. The number of aryl methyl sites for hydroxylation is 1. The smallest absolute Gasteiger partial charge is 0.354 e. The molecule has 3 aromatic rings. The summed E-state index contributed by atoms with van der Waals surface area (Å²) in [5.41, 5.74) is -0.697. The van der Waals surface area contributed by atoms with Gasteiger partial charge in [-0.15, -0.1) is 0 Å². The van der Waals surface area contributed by atoms with Gasteiger partial charge in [-0.25, -0.2) is 12.8 Å². The molecular weight excluding hydrogens is 574 g/mol. The van der Waals surface area contributed by atoms with E-state index in [9.17, 15) is 35.6 Å². The van der Waals surface area contributed by atoms with Crippen LogP contribution in [0.2, 0.25) is 0 Å². The van der Waals surface area contributed by atoms with Crippen molar-refractivity contribution < 1.29 is 35.6 Å². The average molecular weight is 608 g/mol. The molecule has 0 aliphatic heterocycles. The third kappa shape index (κ3) is 8.09. The Kier molecular flexibility index (Phi) is 10.4. The van der Waals surface area contributed by atoms with Gasteiger partial charge in [0.15, 0.2) is 0 Å². The Morgan fingerprint density at radius 2 is 1.57 bits per heavy atom. The van der Waals surface area contributed by atoms with Crippen LogP contribution >= 0.6 is 0 Å². The first-order valence-corrected chi connectivity index (χ1v) is 14.6. The van der Waals surface area contributed by atoms with Crippen molar-refractivity contribution in [1.29, 1.82) is 0 Å². The molecule has 42 heavy (non-hydrogen) atoms. The Morgan fingerprint density at radius 3 is 2.17 bits per heavy atom. The number of rotatable bonds is 11. The minimum Gasteiger partial charge on any atom is -0.354 e. The Balaban J connectivity index is 2.09. The Morgan fingerprint density at radius 1 is 0.929 bits per heavy atom. The lowest BCUT2D eigenvalue weighted by Gasteiger charge is -2.32. The molecule has 0 aliphatic carbocycles. The first-order valence-electron chi connectivity index (χ1n) is 13.2. The van der Waals surface area contributed by atoms with Crippen molar-refractivity contribution in [3.63, 3.8) is 0 Å². The van der Waals surface area contributed by atoms with Crippen molar-refractivity contribution in [3.8, 4) is 0 Å². The number of halogens is 4. The standard InChI is InChI=1S/C30H33F4N3O4S/c1-20(2)17-35-29(39)22(4)36(18-23-8-5-6-11-27(23)31)28(38)19-37(25-10-7-9-24(16-25)30(32,33)34)42(40,41)26-14-12-21(3)13-15-26/h5-16,20,22H,17-19H2,1-4H3,(H,35,39)/t22-/m1/s1. The van der Waals surface area contributed by atoms with Crippen LogP contribution in [-0.4, -0.2) is 44.3 Å². The van der Waals surface area contributed by atoms with Gasteiger partial charge in [0.05, 0.1) is 16.1 Å². The van der Waals surface area contributed by atoms with Gasteiger partial charge in [-0.05, 0) is 56.2 Å². The lowest BCUT2D eigenvalue weighted by Crippen LogP contribution is -2.51. The summed E-state index contributed by atoms with van der Waals surface area (Å²) >= 11 is 0. The molecule has 3 aromatic carbocycles. The van der Waals surface area contributed by atoms with Crippen LogP contribution in [0.5, 0.6) is 0 Å². The second kappa shape index (κ2) is 13.4. The van der Waals surface area contributed by atoms with Gasteiger partial charge in [-0.3, -0.25) is 13.9 Å². The third-order valence-corrected chi connectivity index (χ3v) is 8.29. The molecule has 7 nitrogen and oxygen atoms in total. The summed E-state index contributed by atoms with van der Waals surface area (Å²) in [5.74, 6) is -2.03. The molecule has 0 spiro atoms. The van der Waals surface area contributed by atoms with E-state index in [4.69, 9.17) is 0 Å². The number of hydrogen-bond donors (Lipinski definition) is 1. The average Bonchev–Trinajstić information content (AvgIpc) is 2.93. The number of carbonyl (C=O) groups excluding carboxylic acids is 2. The summed E-state index contributed by atoms with van der Waals surface area (Å²) in [4.78, 5) is 27.6. The summed E-state index contributed by atoms with van der Waals surface area (Å²) in [6.45, 7) is 5.85. The number of nitrogens with one attached hydrogen (secondary N) is 1. The highest BCUT2D eigenvalue weighted by molar-refractivity contribution is 7.92. The van der Waals surface area contributed by atoms with Crippen molar-refractivity contribution in [2.75, 3.05) is 17.4 Å². The van der Waals surface area contributed by atoms with Gasteiger partial charge in [-0.2, -0.15) is 13.2 Å². The Labute approximate surface area is 243 Å². The second-order valence-corrected chi connectivity index (χ2v) is 12.2. The molecule has 226 valence electrons. The predicted molar refractivity (Wildman–Crippen MR) is 151 cm³/mol. The maximum atomic E-state index is 14.6. The van der Waals surface area contributed by atoms with Crippen LogP contribution in [-0.2, 0) is 32.3 Å². The fourth-order valence-corrected chi connectivity index (χ4v) is 5.45. The number of carbonyl (C=O) groups is 2. The van der Waals surface area contributed by atoms with Crippen LogP contribution in [0.1, 0.15) is 37.5 Å². The van der Waals surface area contributed by atoms with Gasteiger partial charge in [0, 0.05) is 18.7 Å². The summed E-state index contributed by atoms with van der Waals surface area (Å²) < 4.78 is 83.5. The molecule has 1 atom stereocenters. The molecule has 0 saturated carbocycles. The number of benzene rings is 3. The third-order valence-electron chi connectivity index (χ3n) is 6.50. The van der Waals surface area contributed by atoms with E-state index in [-0.39, 0.29) is 22.9 Å². The first-order chi connectivity index (χ1) is 19.6. The maximum Gasteiger partial charge on any atom is 0.416 e. The highest BCUT2D eigenvalue weighted by atomic mass is 32.2. The number of anilines is 1. The molecule has 1 N–H and O–H groups in total. The van der Waals surface area contributed by atoms with Gasteiger partial charge in [0.1, 0.15) is 18.4 Å². The van der Waals surface area contributed by atoms with E-state index >= 15 is 0 Å². The van der Waals surface area contributed by atoms with Crippen LogP contribution in [0, 0.1) is 18.7 Å². The number of alkyl halides is 3. The quantitative estimate of drug-likeness (QED) is 0.290. The van der Waals surface area contributed by atoms with E-state index < -0.39 is 57.7 Å². The first kappa shape index (κ1) is 32.6. The van der Waals surface area contributed by atoms with Crippen molar-refractivity contribution >= 4 is 27.5 Å². The Hall–Kier alpha value is -3.93. The van der Waals surface area contributed by atoms with Crippen LogP contribution in [0.25, 0.3) is 0 Å². The van der Waals surface area contributed by atoms with Crippen LogP contribution in [0.4, 0.5) is 23.2 Å². The van der Waals surface area contributed by atoms with Gasteiger partial charge >= 0.3 is 6.18 Å². The lowest BCUT2D eigenvalue weighted by atomic mass is 10.1. The molecular formula is C30H33F4N3O4S. The van der Waals surface area contributed by atoms with Gasteiger partial charge in [0.25, 0.3) is 10.0 Å². The zero-order valence-electron chi connectivity index (χ0n) is 23.7. The summed E-state index contributed by atoms with van der Waals surface area (Å²) in [5, 5.41) is 2.70. The highest BCUT2D eigenvalue weighted by Crippen LogP contribution is 2.33. The van der Waals surface area contributed by atoms with E-state index in [0.29, 0.717) is 16.9 Å². The number of nitrogens with zero attached hydrogens (tertiary/aromatic N) is 2. The fraction of sp³-hybridized carbons (Fsp3) is 0.333. The van der Waals surface area contributed by atoms with Crippen molar-refractivity contribution in [2.45, 2.75) is 51.4 Å². The summed E-state index contributed by atoms with van der Waals surface area (Å²) in [7, 11) is -4.57. The number of amides is 2. The van der Waals surface area contributed by atoms with Crippen molar-refractivity contribution in [1.82, 2.24) is 10.2 Å². The normalized spacial score (nSPS) is 12.6. The molecule has 0 heterocycles. The SMILES string of the molecule is Cc1ccc(S(=O)(=O)N(CC(=O)N(Cc2ccccc2F)[C@H](C)C(=O)NCC(C)C)c2cccc(C(F)(F)F)c2)cc1. The van der Waals surface area contributed by atoms with E-state index in [1.807, 2.05) is 13.8 Å². The van der Waals surface area contributed by atoms with Crippen molar-refractivity contribution in [2.24, 2.45) is 5.92 Å². The number of sulfonamides is 1. The Bertz CT molecular complexity index is 1510. The molecule has 0 aromatic heterocycles. The summed E-state index contributed by atoms with van der Waals surface area (Å²) in [6.07, 6.45) is -4.78. The van der Waals surface area contributed by atoms with Gasteiger partial charge < -0.3 is 10.2 Å². The minimum atomic E-state index is -4.78. The topological polar surface area (TPSA) is 86.8 Å². The molecule has 2 amide bonds. The lowest BCUT2D eigenvalue weighted by molar-refractivity contribution is -0.139. The fourth-order valence-electron chi connectivity index (χ4n) is 4.05. The second-order valence-electron chi connectivity index (χ2n) is 10.3. The van der Waals surface area contributed by atoms with Gasteiger partial charge in [-0.1, -0.05) is 55.8 Å². The maximum absolute atomic E-state index is 14.6. The molecule has 12 heteroatoms. The zero-order chi connectivity index (χ0) is 31.2. The van der Waals surface area contributed by atoms with Gasteiger partial charge in [0.2, 0.25) is 11.8 Å². The van der Waals surface area contributed by atoms with Crippen molar-refractivity contribution in [3.05, 3.63) is 95.3 Å². The highest BCUT2D eigenvalue weighted by Gasteiger charge is 2.35. The van der Waals surface area contributed by atoms with Crippen LogP contribution in [0.15, 0.2) is 77.7 Å². The molecule has 0 saturated heterocycles. The molecule has 3 rings (SSSR count). The molecule has 0 aliphatic rings. The van der Waals surface area contributed by atoms with Crippen LogP contribution < -0.4 is 9.62 Å². The van der Waals surface area contributed by atoms with E-state index in [1.165, 1.54) is 49.4 Å². The largest absolute Gasteiger partial charge is 0.416 e. The molecule has 0 bridgehead atoms. The minimum absolute atomic E-state index is 0.0707. The monoisotopic (exact) mass is 607 g/mol. The zero-order valence-corrected chi connectivity index (χ0v) is 24.5. The van der Waals surface area contributed by atoms with Crippen LogP contribution in [0.3, 0.4) is 0 Å². The predicted octanol–water partition coefficient (Wildman–Crippen LogP) is 5.54. The summed E-state index contributed by atoms with van der Waals surface area (Å²) in [6, 6.07) is 13.6. The van der Waals surface area contributed by atoms with E-state index in [0.717, 1.165) is 28.7 Å².